The molecule has 0 amide bonds. The normalized spacial score (nSPS) is 12.4. The summed E-state index contributed by atoms with van der Waals surface area (Å²) in [5.74, 6) is -4.20. The van der Waals surface area contributed by atoms with Crippen molar-refractivity contribution in [3.8, 4) is 0 Å². The maximum Gasteiger partial charge on any atom is 0.359 e. The number of hydrogen-bond donors (Lipinski definition) is 1. The highest BCUT2D eigenvalue weighted by atomic mass is 32.1. The number of alkyl halides is 4. The van der Waals surface area contributed by atoms with Crippen molar-refractivity contribution < 1.29 is 17.6 Å². The first-order valence-corrected chi connectivity index (χ1v) is 5.99. The van der Waals surface area contributed by atoms with Gasteiger partial charge in [-0.15, -0.1) is 10.2 Å². The fraction of sp³-hybridized carbons (Fsp3) is 0.778. The van der Waals surface area contributed by atoms with E-state index in [0.717, 1.165) is 13.1 Å². The first kappa shape index (κ1) is 14.3. The van der Waals surface area contributed by atoms with Gasteiger partial charge >= 0.3 is 12.3 Å². The Balaban J connectivity index is 2.53. The van der Waals surface area contributed by atoms with Crippen molar-refractivity contribution in [2.75, 3.05) is 13.1 Å². The first-order chi connectivity index (χ1) is 7.98. The minimum atomic E-state index is -4.20. The van der Waals surface area contributed by atoms with E-state index in [4.69, 9.17) is 0 Å². The molecule has 0 spiro atoms. The van der Waals surface area contributed by atoms with E-state index >= 15 is 0 Å². The van der Waals surface area contributed by atoms with Crippen molar-refractivity contribution in [3.05, 3.63) is 10.0 Å². The smallest absolute Gasteiger partial charge is 0.317 e. The van der Waals surface area contributed by atoms with Gasteiger partial charge in [0.1, 0.15) is 5.01 Å². The van der Waals surface area contributed by atoms with E-state index in [-0.39, 0.29) is 0 Å². The molecule has 0 fully saturated rings. The molecule has 0 aliphatic carbocycles. The van der Waals surface area contributed by atoms with E-state index in [0.29, 0.717) is 29.2 Å². The van der Waals surface area contributed by atoms with Crippen molar-refractivity contribution in [1.82, 2.24) is 15.5 Å². The second-order valence-electron chi connectivity index (χ2n) is 3.38. The van der Waals surface area contributed by atoms with Crippen LogP contribution in [-0.2, 0) is 12.3 Å². The number of hydrogen-bond acceptors (Lipinski definition) is 4. The lowest BCUT2D eigenvalue weighted by Crippen LogP contribution is -2.23. The van der Waals surface area contributed by atoms with Crippen molar-refractivity contribution in [2.24, 2.45) is 0 Å². The molecule has 0 unspecified atom stereocenters. The zero-order chi connectivity index (χ0) is 12.9. The molecule has 0 aromatic carbocycles. The number of rotatable bonds is 7. The number of aromatic nitrogens is 2. The maximum absolute atomic E-state index is 12.9. The van der Waals surface area contributed by atoms with Gasteiger partial charge in [-0.3, -0.25) is 0 Å². The predicted octanol–water partition coefficient (Wildman–Crippen LogP) is 2.44. The molecule has 0 saturated heterocycles. The van der Waals surface area contributed by atoms with Gasteiger partial charge in [0.2, 0.25) is 0 Å². The van der Waals surface area contributed by atoms with Crippen molar-refractivity contribution in [1.29, 1.82) is 0 Å². The third-order valence-electron chi connectivity index (χ3n) is 2.02. The van der Waals surface area contributed by atoms with Crippen LogP contribution >= 0.6 is 11.3 Å². The lowest BCUT2D eigenvalue weighted by Gasteiger charge is -2.10. The molecular weight excluding hydrogens is 258 g/mol. The molecule has 0 atom stereocenters. The van der Waals surface area contributed by atoms with Gasteiger partial charge in [-0.2, -0.15) is 8.78 Å². The Hall–Kier alpha value is -0.760. The zero-order valence-electron chi connectivity index (χ0n) is 9.22. The second kappa shape index (κ2) is 6.25. The maximum atomic E-state index is 12.9. The Bertz CT molecular complexity index is 343. The van der Waals surface area contributed by atoms with Crippen LogP contribution in [0.5, 0.6) is 0 Å². The number of aryl methyl sites for hydroxylation is 1. The van der Waals surface area contributed by atoms with Gasteiger partial charge in [0, 0.05) is 6.42 Å². The van der Waals surface area contributed by atoms with Crippen LogP contribution < -0.4 is 5.32 Å². The molecule has 0 aliphatic heterocycles. The Morgan fingerprint density at radius 1 is 1.35 bits per heavy atom. The number of halogens is 4. The van der Waals surface area contributed by atoms with Gasteiger partial charge in [-0.25, -0.2) is 8.78 Å². The minimum Gasteiger partial charge on any atom is -0.317 e. The summed E-state index contributed by atoms with van der Waals surface area (Å²) in [5.41, 5.74) is 0. The quantitative estimate of drug-likeness (QED) is 0.611. The van der Waals surface area contributed by atoms with Crippen LogP contribution in [0.25, 0.3) is 0 Å². The van der Waals surface area contributed by atoms with E-state index in [1.54, 1.807) is 0 Å². The fourth-order valence-electron chi connectivity index (χ4n) is 1.12. The van der Waals surface area contributed by atoms with Crippen LogP contribution in [0.15, 0.2) is 0 Å². The molecule has 0 radical (unpaired) electrons. The molecule has 1 heterocycles. The Morgan fingerprint density at radius 3 is 2.65 bits per heavy atom. The summed E-state index contributed by atoms with van der Waals surface area (Å²) in [7, 11) is 0. The van der Waals surface area contributed by atoms with E-state index in [1.807, 2.05) is 6.92 Å². The van der Waals surface area contributed by atoms with E-state index in [2.05, 4.69) is 15.5 Å². The minimum absolute atomic E-state index is 0.359. The summed E-state index contributed by atoms with van der Waals surface area (Å²) in [6.07, 6.45) is -2.57. The fourth-order valence-corrected chi connectivity index (χ4v) is 1.98. The molecule has 1 aromatic rings. The lowest BCUT2D eigenvalue weighted by atomic mass is 10.3. The number of nitrogens with one attached hydrogen (secondary N) is 1. The first-order valence-electron chi connectivity index (χ1n) is 5.18. The highest BCUT2D eigenvalue weighted by Crippen LogP contribution is 2.36. The van der Waals surface area contributed by atoms with Crippen LogP contribution in [0.3, 0.4) is 0 Å². The highest BCUT2D eigenvalue weighted by molar-refractivity contribution is 7.11. The molecular formula is C9H13F4N3S. The van der Waals surface area contributed by atoms with Crippen molar-refractivity contribution in [3.63, 3.8) is 0 Å². The molecule has 0 bridgehead atoms. The Kier molecular flexibility index (Phi) is 5.26. The van der Waals surface area contributed by atoms with E-state index < -0.39 is 17.4 Å². The molecule has 3 nitrogen and oxygen atoms in total. The van der Waals surface area contributed by atoms with Gasteiger partial charge < -0.3 is 5.32 Å². The van der Waals surface area contributed by atoms with Crippen LogP contribution in [0, 0.1) is 0 Å². The highest BCUT2D eigenvalue weighted by Gasteiger charge is 2.46. The molecule has 1 N–H and O–H groups in total. The standard InChI is InChI=1S/C9H13F4N3S/c1-2-14-5-3-4-6-15-16-8(17-6)9(12,13)7(10)11/h7,14H,2-5H2,1H3. The van der Waals surface area contributed by atoms with Gasteiger partial charge in [0.25, 0.3) is 0 Å². The van der Waals surface area contributed by atoms with E-state index in [9.17, 15) is 17.6 Å². The third-order valence-corrected chi connectivity index (χ3v) is 3.09. The van der Waals surface area contributed by atoms with Gasteiger partial charge in [-0.1, -0.05) is 18.3 Å². The molecule has 8 heteroatoms. The monoisotopic (exact) mass is 271 g/mol. The average Bonchev–Trinajstić information content (AvgIpc) is 2.73. The lowest BCUT2D eigenvalue weighted by molar-refractivity contribution is -0.135. The molecule has 0 saturated carbocycles. The predicted molar refractivity (Wildman–Crippen MR) is 56.7 cm³/mol. The van der Waals surface area contributed by atoms with Crippen LogP contribution in [0.4, 0.5) is 17.6 Å². The summed E-state index contributed by atoms with van der Waals surface area (Å²) in [5, 5.41) is 9.13. The Morgan fingerprint density at radius 2 is 2.06 bits per heavy atom. The number of nitrogens with zero attached hydrogens (tertiary/aromatic N) is 2. The summed E-state index contributed by atoms with van der Waals surface area (Å²) < 4.78 is 49.8. The third kappa shape index (κ3) is 3.88. The van der Waals surface area contributed by atoms with Gasteiger partial charge in [0.15, 0.2) is 5.01 Å². The second-order valence-corrected chi connectivity index (χ2v) is 4.44. The largest absolute Gasteiger partial charge is 0.359 e. The van der Waals surface area contributed by atoms with Crippen LogP contribution in [0.1, 0.15) is 23.4 Å². The van der Waals surface area contributed by atoms with Gasteiger partial charge in [0.05, 0.1) is 0 Å². The van der Waals surface area contributed by atoms with Crippen molar-refractivity contribution in [2.45, 2.75) is 32.1 Å². The molecule has 1 aromatic heterocycles. The summed E-state index contributed by atoms with van der Waals surface area (Å²) in [4.78, 5) is 0. The Labute approximate surface area is 100 Å². The average molecular weight is 271 g/mol. The summed E-state index contributed by atoms with van der Waals surface area (Å²) >= 11 is 0.546. The van der Waals surface area contributed by atoms with Crippen LogP contribution in [0.2, 0.25) is 0 Å². The molecule has 0 aliphatic rings. The van der Waals surface area contributed by atoms with Gasteiger partial charge in [-0.05, 0) is 19.5 Å². The zero-order valence-corrected chi connectivity index (χ0v) is 10.0. The topological polar surface area (TPSA) is 37.8 Å². The van der Waals surface area contributed by atoms with Crippen LogP contribution in [-0.4, -0.2) is 29.7 Å². The molecule has 1 rings (SSSR count). The molecule has 17 heavy (non-hydrogen) atoms. The SMILES string of the molecule is CCNCCCc1nnc(C(F)(F)C(F)F)s1. The van der Waals surface area contributed by atoms with E-state index in [1.165, 1.54) is 0 Å². The van der Waals surface area contributed by atoms with Crippen molar-refractivity contribution >= 4 is 11.3 Å². The summed E-state index contributed by atoms with van der Waals surface area (Å²) in [6.45, 7) is 3.51. The summed E-state index contributed by atoms with van der Waals surface area (Å²) in [6, 6.07) is 0. The molecule has 98 valence electrons.